The number of aromatic carboxylic acids is 1. The summed E-state index contributed by atoms with van der Waals surface area (Å²) >= 11 is 0. The van der Waals surface area contributed by atoms with Crippen molar-refractivity contribution in [3.05, 3.63) is 65.0 Å². The number of carboxylic acids is 1. The van der Waals surface area contributed by atoms with E-state index >= 15 is 0 Å². The lowest BCUT2D eigenvalue weighted by atomic mass is 9.91. The van der Waals surface area contributed by atoms with Crippen molar-refractivity contribution in [2.75, 3.05) is 6.54 Å². The van der Waals surface area contributed by atoms with Crippen LogP contribution in [0.1, 0.15) is 59.4 Å². The van der Waals surface area contributed by atoms with Crippen LogP contribution in [0.15, 0.2) is 42.6 Å². The van der Waals surface area contributed by atoms with Crippen LogP contribution in [0.4, 0.5) is 4.79 Å². The quantitative estimate of drug-likeness (QED) is 0.814. The lowest BCUT2D eigenvalue weighted by Crippen LogP contribution is -2.43. The fourth-order valence-corrected chi connectivity index (χ4v) is 3.57. The van der Waals surface area contributed by atoms with Gasteiger partial charge in [0, 0.05) is 19.3 Å². The number of hydrogen-bond donors (Lipinski definition) is 2. The van der Waals surface area contributed by atoms with Gasteiger partial charge in [0.15, 0.2) is 0 Å². The number of aryl methyl sites for hydroxylation is 1. The highest BCUT2D eigenvalue weighted by Gasteiger charge is 2.29. The smallest absolute Gasteiger partial charge is 0.335 e. The number of rotatable bonds is 6. The minimum atomic E-state index is -0.955. The van der Waals surface area contributed by atoms with Crippen LogP contribution in [0.25, 0.3) is 0 Å². The Kier molecular flexibility index (Phi) is 6.06. The molecular formula is C21H25N3O3. The van der Waals surface area contributed by atoms with Gasteiger partial charge in [-0.05, 0) is 55.0 Å². The van der Waals surface area contributed by atoms with E-state index in [1.807, 2.05) is 11.0 Å². The lowest BCUT2D eigenvalue weighted by molar-refractivity contribution is 0.0697. The van der Waals surface area contributed by atoms with E-state index in [0.717, 1.165) is 36.9 Å². The van der Waals surface area contributed by atoms with Crippen molar-refractivity contribution in [2.45, 2.75) is 45.2 Å². The van der Waals surface area contributed by atoms with Crippen molar-refractivity contribution in [3.63, 3.8) is 0 Å². The minimum absolute atomic E-state index is 0.00397. The molecule has 0 saturated heterocycles. The molecule has 6 nitrogen and oxygen atoms in total. The van der Waals surface area contributed by atoms with Crippen LogP contribution in [0.2, 0.25) is 0 Å². The molecule has 6 heteroatoms. The average molecular weight is 367 g/mol. The number of pyridine rings is 1. The van der Waals surface area contributed by atoms with E-state index in [1.165, 1.54) is 5.56 Å². The minimum Gasteiger partial charge on any atom is -0.478 e. The Bertz CT molecular complexity index is 805. The van der Waals surface area contributed by atoms with Gasteiger partial charge in [0.1, 0.15) is 0 Å². The van der Waals surface area contributed by atoms with Gasteiger partial charge in [0.2, 0.25) is 0 Å². The highest BCUT2D eigenvalue weighted by Crippen LogP contribution is 2.32. The second kappa shape index (κ2) is 8.66. The zero-order valence-corrected chi connectivity index (χ0v) is 15.5. The van der Waals surface area contributed by atoms with Gasteiger partial charge in [-0.1, -0.05) is 25.1 Å². The summed E-state index contributed by atoms with van der Waals surface area (Å²) in [7, 11) is 0. The molecular weight excluding hydrogens is 342 g/mol. The van der Waals surface area contributed by atoms with Gasteiger partial charge in [0.05, 0.1) is 17.3 Å². The Morgan fingerprint density at radius 3 is 2.74 bits per heavy atom. The van der Waals surface area contributed by atoms with E-state index in [4.69, 9.17) is 5.11 Å². The molecule has 0 fully saturated rings. The number of carbonyl (C=O) groups is 2. The Labute approximate surface area is 159 Å². The molecule has 1 aromatic carbocycles. The van der Waals surface area contributed by atoms with Crippen molar-refractivity contribution in [1.82, 2.24) is 15.2 Å². The van der Waals surface area contributed by atoms with Gasteiger partial charge in [-0.25, -0.2) is 9.59 Å². The second-order valence-corrected chi connectivity index (χ2v) is 6.81. The molecule has 0 bridgehead atoms. The summed E-state index contributed by atoms with van der Waals surface area (Å²) in [6.45, 7) is 3.10. The summed E-state index contributed by atoms with van der Waals surface area (Å²) in [5.41, 5.74) is 3.35. The maximum absolute atomic E-state index is 12.9. The lowest BCUT2D eigenvalue weighted by Gasteiger charge is -2.35. The zero-order valence-electron chi connectivity index (χ0n) is 15.5. The van der Waals surface area contributed by atoms with Crippen LogP contribution in [0.5, 0.6) is 0 Å². The van der Waals surface area contributed by atoms with Gasteiger partial charge in [-0.15, -0.1) is 0 Å². The SMILES string of the molecule is CCCN(C(=O)NCc1ccc(C(=O)O)cc1)C1CCCc2cccnc21. The van der Waals surface area contributed by atoms with E-state index in [1.54, 1.807) is 30.5 Å². The highest BCUT2D eigenvalue weighted by atomic mass is 16.4. The summed E-state index contributed by atoms with van der Waals surface area (Å²) in [5, 5.41) is 11.9. The molecule has 1 aliphatic rings. The number of aromatic nitrogens is 1. The first-order valence-electron chi connectivity index (χ1n) is 9.40. The Morgan fingerprint density at radius 1 is 1.26 bits per heavy atom. The van der Waals surface area contributed by atoms with E-state index < -0.39 is 5.97 Å². The molecule has 1 unspecified atom stereocenters. The number of fused-ring (bicyclic) bond motifs is 1. The molecule has 27 heavy (non-hydrogen) atoms. The van der Waals surface area contributed by atoms with Crippen LogP contribution in [-0.4, -0.2) is 33.5 Å². The van der Waals surface area contributed by atoms with Crippen molar-refractivity contribution < 1.29 is 14.7 Å². The van der Waals surface area contributed by atoms with Crippen molar-refractivity contribution in [2.24, 2.45) is 0 Å². The Balaban J connectivity index is 1.70. The summed E-state index contributed by atoms with van der Waals surface area (Å²) in [6.07, 6.45) is 5.65. The second-order valence-electron chi connectivity index (χ2n) is 6.81. The normalized spacial score (nSPS) is 15.7. The van der Waals surface area contributed by atoms with Crippen LogP contribution in [0.3, 0.4) is 0 Å². The van der Waals surface area contributed by atoms with Crippen LogP contribution >= 0.6 is 0 Å². The molecule has 2 amide bonds. The van der Waals surface area contributed by atoms with E-state index in [9.17, 15) is 9.59 Å². The standard InChI is InChI=1S/C21H25N3O3/c1-2-13-24(18-7-3-5-16-6-4-12-22-19(16)18)21(27)23-14-15-8-10-17(11-9-15)20(25)26/h4,6,8-12,18H,2-3,5,7,13-14H2,1H3,(H,23,27)(H,25,26). The number of hydrogen-bond acceptors (Lipinski definition) is 3. The topological polar surface area (TPSA) is 82.5 Å². The van der Waals surface area contributed by atoms with Gasteiger partial charge in [-0.3, -0.25) is 4.98 Å². The summed E-state index contributed by atoms with van der Waals surface area (Å²) in [5.74, 6) is -0.955. The fraction of sp³-hybridized carbons (Fsp3) is 0.381. The van der Waals surface area contributed by atoms with Crippen LogP contribution in [0, 0.1) is 0 Å². The average Bonchev–Trinajstić information content (AvgIpc) is 2.70. The third-order valence-electron chi connectivity index (χ3n) is 4.91. The molecule has 1 atom stereocenters. The third kappa shape index (κ3) is 4.45. The van der Waals surface area contributed by atoms with Gasteiger partial charge in [0.25, 0.3) is 0 Å². The predicted octanol–water partition coefficient (Wildman–Crippen LogP) is 3.78. The van der Waals surface area contributed by atoms with Gasteiger partial charge >= 0.3 is 12.0 Å². The molecule has 3 rings (SSSR count). The van der Waals surface area contributed by atoms with Gasteiger partial charge in [-0.2, -0.15) is 0 Å². The molecule has 2 aromatic rings. The molecule has 142 valence electrons. The maximum Gasteiger partial charge on any atom is 0.335 e. The number of nitrogens with zero attached hydrogens (tertiary/aromatic N) is 2. The van der Waals surface area contributed by atoms with Gasteiger partial charge < -0.3 is 15.3 Å². The number of nitrogens with one attached hydrogen (secondary N) is 1. The largest absolute Gasteiger partial charge is 0.478 e. The number of carboxylic acid groups (broad SMARTS) is 1. The molecule has 2 N–H and O–H groups in total. The summed E-state index contributed by atoms with van der Waals surface area (Å²) in [6, 6.07) is 10.5. The monoisotopic (exact) mass is 367 g/mol. The number of carbonyl (C=O) groups excluding carboxylic acids is 1. The number of amides is 2. The molecule has 0 aliphatic heterocycles. The van der Waals surface area contributed by atoms with Crippen molar-refractivity contribution >= 4 is 12.0 Å². The number of urea groups is 1. The predicted molar refractivity (Wildman–Crippen MR) is 103 cm³/mol. The van der Waals surface area contributed by atoms with E-state index in [0.29, 0.717) is 13.1 Å². The van der Waals surface area contributed by atoms with Crippen LogP contribution < -0.4 is 5.32 Å². The van der Waals surface area contributed by atoms with Crippen molar-refractivity contribution in [1.29, 1.82) is 0 Å². The first-order valence-corrected chi connectivity index (χ1v) is 9.40. The Hall–Kier alpha value is -2.89. The molecule has 0 spiro atoms. The highest BCUT2D eigenvalue weighted by molar-refractivity contribution is 5.87. The fourth-order valence-electron chi connectivity index (χ4n) is 3.57. The third-order valence-corrected chi connectivity index (χ3v) is 4.91. The Morgan fingerprint density at radius 2 is 2.04 bits per heavy atom. The number of benzene rings is 1. The maximum atomic E-state index is 12.9. The molecule has 1 aliphatic carbocycles. The van der Waals surface area contributed by atoms with E-state index in [-0.39, 0.29) is 17.6 Å². The molecule has 0 radical (unpaired) electrons. The molecule has 1 aromatic heterocycles. The summed E-state index contributed by atoms with van der Waals surface area (Å²) < 4.78 is 0. The first kappa shape index (κ1) is 18.9. The van der Waals surface area contributed by atoms with Crippen LogP contribution in [-0.2, 0) is 13.0 Å². The molecule has 0 saturated carbocycles. The van der Waals surface area contributed by atoms with Crippen molar-refractivity contribution in [3.8, 4) is 0 Å². The van der Waals surface area contributed by atoms with E-state index in [2.05, 4.69) is 23.3 Å². The summed E-state index contributed by atoms with van der Waals surface area (Å²) in [4.78, 5) is 30.3. The zero-order chi connectivity index (χ0) is 19.2. The first-order chi connectivity index (χ1) is 13.1. The molecule has 1 heterocycles.